The van der Waals surface area contributed by atoms with Gasteiger partial charge in [-0.1, -0.05) is 48.5 Å². The molecule has 0 saturated carbocycles. The maximum absolute atomic E-state index is 12.8. The van der Waals surface area contributed by atoms with Crippen LogP contribution in [-0.2, 0) is 11.3 Å². The fraction of sp³-hybridized carbons (Fsp3) is 0.333. The third-order valence-corrected chi connectivity index (χ3v) is 5.36. The first-order valence-corrected chi connectivity index (χ1v) is 8.90. The summed E-state index contributed by atoms with van der Waals surface area (Å²) in [6.07, 6.45) is 1.63. The SMILES string of the molecule is CC1=NC(=O)C2(CCN(Cc3ccccc3)CC2)N1c1ccccc1. The van der Waals surface area contributed by atoms with Gasteiger partial charge in [-0.25, -0.2) is 0 Å². The highest BCUT2D eigenvalue weighted by atomic mass is 16.2. The van der Waals surface area contributed by atoms with E-state index in [4.69, 9.17) is 0 Å². The van der Waals surface area contributed by atoms with Crippen molar-refractivity contribution in [1.29, 1.82) is 0 Å². The summed E-state index contributed by atoms with van der Waals surface area (Å²) in [5.74, 6) is 0.834. The van der Waals surface area contributed by atoms with Crippen molar-refractivity contribution in [1.82, 2.24) is 4.90 Å². The van der Waals surface area contributed by atoms with Gasteiger partial charge in [-0.3, -0.25) is 9.69 Å². The van der Waals surface area contributed by atoms with Crippen molar-refractivity contribution in [2.24, 2.45) is 4.99 Å². The zero-order chi connectivity index (χ0) is 17.3. The van der Waals surface area contributed by atoms with Crippen LogP contribution < -0.4 is 4.90 Å². The third kappa shape index (κ3) is 2.87. The van der Waals surface area contributed by atoms with E-state index in [0.29, 0.717) is 0 Å². The maximum atomic E-state index is 12.8. The molecule has 1 fully saturated rings. The molecule has 4 rings (SSSR count). The molecule has 1 amide bonds. The minimum absolute atomic E-state index is 0.0215. The van der Waals surface area contributed by atoms with Crippen molar-refractivity contribution in [2.45, 2.75) is 31.8 Å². The van der Waals surface area contributed by atoms with Crippen LogP contribution >= 0.6 is 0 Å². The molecule has 4 heteroatoms. The molecule has 1 spiro atoms. The molecule has 0 aromatic heterocycles. The molecule has 0 radical (unpaired) electrons. The summed E-state index contributed by atoms with van der Waals surface area (Å²) in [7, 11) is 0. The number of anilines is 1. The van der Waals surface area contributed by atoms with Gasteiger partial charge in [0.2, 0.25) is 0 Å². The summed E-state index contributed by atoms with van der Waals surface area (Å²) in [6, 6.07) is 20.7. The summed E-state index contributed by atoms with van der Waals surface area (Å²) < 4.78 is 0. The standard InChI is InChI=1S/C21H23N3O/c1-17-22-20(25)21(24(17)19-10-6-3-7-11-19)12-14-23(15-13-21)16-18-8-4-2-5-9-18/h2-11H,12-16H2,1H3. The Labute approximate surface area is 148 Å². The van der Waals surface area contributed by atoms with E-state index in [1.807, 2.05) is 31.2 Å². The number of nitrogens with zero attached hydrogens (tertiary/aromatic N) is 3. The smallest absolute Gasteiger partial charge is 0.273 e. The van der Waals surface area contributed by atoms with Gasteiger partial charge in [-0.2, -0.15) is 4.99 Å². The zero-order valence-corrected chi connectivity index (χ0v) is 14.6. The predicted octanol–water partition coefficient (Wildman–Crippen LogP) is 3.49. The average Bonchev–Trinajstić information content (AvgIpc) is 2.88. The van der Waals surface area contributed by atoms with Crippen LogP contribution in [0.15, 0.2) is 65.7 Å². The Morgan fingerprint density at radius 1 is 0.960 bits per heavy atom. The number of benzene rings is 2. The van der Waals surface area contributed by atoms with Crippen molar-refractivity contribution in [2.75, 3.05) is 18.0 Å². The predicted molar refractivity (Wildman–Crippen MR) is 101 cm³/mol. The Bertz CT molecular complexity index is 777. The van der Waals surface area contributed by atoms with E-state index in [9.17, 15) is 4.79 Å². The molecule has 0 N–H and O–H groups in total. The molecular weight excluding hydrogens is 310 g/mol. The van der Waals surface area contributed by atoms with Crippen LogP contribution in [0.1, 0.15) is 25.3 Å². The van der Waals surface area contributed by atoms with Crippen LogP contribution in [0.3, 0.4) is 0 Å². The van der Waals surface area contributed by atoms with Crippen LogP contribution in [-0.4, -0.2) is 35.3 Å². The molecule has 1 saturated heterocycles. The van der Waals surface area contributed by atoms with Crippen LogP contribution in [0.2, 0.25) is 0 Å². The lowest BCUT2D eigenvalue weighted by molar-refractivity contribution is -0.123. The van der Waals surface area contributed by atoms with Gasteiger partial charge in [0, 0.05) is 25.3 Å². The lowest BCUT2D eigenvalue weighted by atomic mass is 9.85. The van der Waals surface area contributed by atoms with Gasteiger partial charge in [0.05, 0.1) is 0 Å². The molecule has 0 unspecified atom stereocenters. The van der Waals surface area contributed by atoms with E-state index in [1.54, 1.807) is 0 Å². The molecule has 0 aliphatic carbocycles. The highest BCUT2D eigenvalue weighted by Gasteiger charge is 2.51. The van der Waals surface area contributed by atoms with E-state index in [-0.39, 0.29) is 5.91 Å². The first-order valence-electron chi connectivity index (χ1n) is 8.90. The number of carbonyl (C=O) groups excluding carboxylic acids is 1. The number of amidine groups is 1. The van der Waals surface area contributed by atoms with Crippen molar-refractivity contribution in [3.63, 3.8) is 0 Å². The van der Waals surface area contributed by atoms with Crippen molar-refractivity contribution in [3.8, 4) is 0 Å². The highest BCUT2D eigenvalue weighted by Crippen LogP contribution is 2.38. The second-order valence-electron chi connectivity index (χ2n) is 6.93. The fourth-order valence-corrected chi connectivity index (χ4v) is 4.08. The number of hydrogen-bond acceptors (Lipinski definition) is 3. The van der Waals surface area contributed by atoms with E-state index < -0.39 is 5.54 Å². The van der Waals surface area contributed by atoms with Crippen molar-refractivity contribution in [3.05, 3.63) is 66.2 Å². The van der Waals surface area contributed by atoms with E-state index >= 15 is 0 Å². The molecular formula is C21H23N3O. The van der Waals surface area contributed by atoms with Gasteiger partial charge in [0.15, 0.2) is 0 Å². The molecule has 2 aliphatic heterocycles. The zero-order valence-electron chi connectivity index (χ0n) is 14.6. The van der Waals surface area contributed by atoms with Crippen LogP contribution in [0.4, 0.5) is 5.69 Å². The maximum Gasteiger partial charge on any atom is 0.273 e. The summed E-state index contributed by atoms with van der Waals surface area (Å²) in [4.78, 5) is 21.7. The Hall–Kier alpha value is -2.46. The first kappa shape index (κ1) is 16.0. The van der Waals surface area contributed by atoms with E-state index in [0.717, 1.165) is 44.0 Å². The normalized spacial score (nSPS) is 20.1. The van der Waals surface area contributed by atoms with Gasteiger partial charge in [-0.15, -0.1) is 0 Å². The van der Waals surface area contributed by atoms with Gasteiger partial charge >= 0.3 is 0 Å². The monoisotopic (exact) mass is 333 g/mol. The Morgan fingerprint density at radius 2 is 1.56 bits per heavy atom. The lowest BCUT2D eigenvalue weighted by Gasteiger charge is -2.44. The molecule has 0 bridgehead atoms. The van der Waals surface area contributed by atoms with Crippen LogP contribution in [0.25, 0.3) is 0 Å². The largest absolute Gasteiger partial charge is 0.315 e. The number of carbonyl (C=O) groups is 1. The average molecular weight is 333 g/mol. The number of piperidine rings is 1. The van der Waals surface area contributed by atoms with Crippen molar-refractivity contribution < 1.29 is 4.79 Å². The fourth-order valence-electron chi connectivity index (χ4n) is 4.08. The quantitative estimate of drug-likeness (QED) is 0.863. The Kier molecular flexibility index (Phi) is 4.14. The Balaban J connectivity index is 1.53. The highest BCUT2D eigenvalue weighted by molar-refractivity contribution is 6.16. The van der Waals surface area contributed by atoms with E-state index in [1.165, 1.54) is 5.56 Å². The van der Waals surface area contributed by atoms with Gasteiger partial charge in [0.25, 0.3) is 5.91 Å². The third-order valence-electron chi connectivity index (χ3n) is 5.36. The summed E-state index contributed by atoms with van der Waals surface area (Å²) in [5, 5.41) is 0. The van der Waals surface area contributed by atoms with Crippen LogP contribution in [0, 0.1) is 0 Å². The molecule has 0 atom stereocenters. The second kappa shape index (κ2) is 6.45. The van der Waals surface area contributed by atoms with Crippen LogP contribution in [0.5, 0.6) is 0 Å². The molecule has 2 aromatic rings. The molecule has 2 aromatic carbocycles. The van der Waals surface area contributed by atoms with Crippen molar-refractivity contribution >= 4 is 17.4 Å². The number of hydrogen-bond donors (Lipinski definition) is 0. The molecule has 4 nitrogen and oxygen atoms in total. The minimum atomic E-state index is -0.501. The molecule has 2 heterocycles. The topological polar surface area (TPSA) is 35.9 Å². The van der Waals surface area contributed by atoms with E-state index in [2.05, 4.69) is 51.2 Å². The second-order valence-corrected chi connectivity index (χ2v) is 6.93. The van der Waals surface area contributed by atoms with Gasteiger partial charge in [-0.05, 0) is 37.5 Å². The number of rotatable bonds is 3. The number of aliphatic imine (C=N–C) groups is 1. The molecule has 2 aliphatic rings. The van der Waals surface area contributed by atoms with Gasteiger partial charge in [0.1, 0.15) is 11.4 Å². The number of para-hydroxylation sites is 1. The number of likely N-dealkylation sites (tertiary alicyclic amines) is 1. The summed E-state index contributed by atoms with van der Waals surface area (Å²) in [5.41, 5.74) is 1.88. The minimum Gasteiger partial charge on any atom is -0.315 e. The molecule has 25 heavy (non-hydrogen) atoms. The first-order chi connectivity index (χ1) is 12.2. The summed E-state index contributed by atoms with van der Waals surface area (Å²) in [6.45, 7) is 4.70. The Morgan fingerprint density at radius 3 is 2.20 bits per heavy atom. The van der Waals surface area contributed by atoms with Gasteiger partial charge < -0.3 is 4.90 Å². The summed E-state index contributed by atoms with van der Waals surface area (Å²) >= 11 is 0. The number of amides is 1. The lowest BCUT2D eigenvalue weighted by Crippen LogP contribution is -2.57. The molecule has 128 valence electrons.